The molecule has 41 heavy (non-hydrogen) atoms. The van der Waals surface area contributed by atoms with Crippen LogP contribution >= 0.6 is 0 Å². The smallest absolute Gasteiger partial charge is 0.303 e. The van der Waals surface area contributed by atoms with E-state index in [-0.39, 0.29) is 95.4 Å². The SMILES string of the molecule is CCN(C)C(CCCCNC(=O)COCCOCCNC(=O)COCCOCCNC(=O)CCCC(=O)O)C(N)=O. The van der Waals surface area contributed by atoms with Gasteiger partial charge in [0, 0.05) is 32.5 Å². The fourth-order valence-corrected chi connectivity index (χ4v) is 3.38. The zero-order valence-electron chi connectivity index (χ0n) is 24.5. The average Bonchev–Trinajstić information content (AvgIpc) is 2.92. The van der Waals surface area contributed by atoms with Crippen LogP contribution in [0.4, 0.5) is 0 Å². The van der Waals surface area contributed by atoms with Crippen molar-refractivity contribution in [1.29, 1.82) is 0 Å². The Morgan fingerprint density at radius 1 is 0.707 bits per heavy atom. The molecular formula is C26H49N5O10. The molecule has 1 atom stereocenters. The van der Waals surface area contributed by atoms with E-state index >= 15 is 0 Å². The van der Waals surface area contributed by atoms with Crippen molar-refractivity contribution in [3.63, 3.8) is 0 Å². The Hall–Kier alpha value is -2.85. The van der Waals surface area contributed by atoms with Crippen LogP contribution in [0.2, 0.25) is 0 Å². The van der Waals surface area contributed by atoms with E-state index in [9.17, 15) is 24.0 Å². The van der Waals surface area contributed by atoms with Crippen molar-refractivity contribution in [2.75, 3.05) is 86.1 Å². The van der Waals surface area contributed by atoms with Crippen LogP contribution in [0.25, 0.3) is 0 Å². The van der Waals surface area contributed by atoms with Gasteiger partial charge in [-0.2, -0.15) is 0 Å². The Bertz CT molecular complexity index is 756. The third-order valence-corrected chi connectivity index (χ3v) is 5.73. The number of likely N-dealkylation sites (N-methyl/N-ethyl adjacent to an activating group) is 1. The zero-order chi connectivity index (χ0) is 30.7. The molecule has 238 valence electrons. The molecule has 0 aliphatic heterocycles. The summed E-state index contributed by atoms with van der Waals surface area (Å²) in [6.45, 7) is 5.16. The normalized spacial score (nSPS) is 11.7. The minimum atomic E-state index is -0.929. The highest BCUT2D eigenvalue weighted by molar-refractivity contribution is 5.80. The molecule has 0 aliphatic rings. The van der Waals surface area contributed by atoms with Crippen LogP contribution in [0.5, 0.6) is 0 Å². The number of rotatable bonds is 28. The molecular weight excluding hydrogens is 542 g/mol. The Morgan fingerprint density at radius 2 is 1.22 bits per heavy atom. The van der Waals surface area contributed by atoms with Crippen LogP contribution in [0.1, 0.15) is 45.4 Å². The summed E-state index contributed by atoms with van der Waals surface area (Å²) >= 11 is 0. The molecule has 15 heteroatoms. The summed E-state index contributed by atoms with van der Waals surface area (Å²) in [4.78, 5) is 58.8. The number of nitrogens with two attached hydrogens (primary N) is 1. The number of nitrogens with zero attached hydrogens (tertiary/aromatic N) is 1. The second kappa shape index (κ2) is 26.1. The van der Waals surface area contributed by atoms with E-state index in [1.165, 1.54) is 0 Å². The number of ether oxygens (including phenoxy) is 4. The first kappa shape index (κ1) is 38.1. The van der Waals surface area contributed by atoms with Gasteiger partial charge in [0.05, 0.1) is 45.7 Å². The summed E-state index contributed by atoms with van der Waals surface area (Å²) in [5, 5.41) is 16.6. The lowest BCUT2D eigenvalue weighted by atomic mass is 10.1. The van der Waals surface area contributed by atoms with Gasteiger partial charge in [-0.25, -0.2) is 0 Å². The second-order valence-electron chi connectivity index (χ2n) is 9.11. The fraction of sp³-hybridized carbons (Fsp3) is 0.808. The molecule has 0 saturated heterocycles. The number of carbonyl (C=O) groups is 5. The number of hydrogen-bond acceptors (Lipinski definition) is 10. The molecule has 0 bridgehead atoms. The van der Waals surface area contributed by atoms with E-state index < -0.39 is 5.97 Å². The molecule has 0 spiro atoms. The number of unbranched alkanes of at least 4 members (excludes halogenated alkanes) is 1. The van der Waals surface area contributed by atoms with E-state index in [0.717, 1.165) is 19.4 Å². The number of primary amides is 1. The highest BCUT2D eigenvalue weighted by Gasteiger charge is 2.18. The number of aliphatic carboxylic acids is 1. The van der Waals surface area contributed by atoms with E-state index in [0.29, 0.717) is 32.5 Å². The Balaban J connectivity index is 3.48. The molecule has 0 radical (unpaired) electrons. The first-order valence-corrected chi connectivity index (χ1v) is 14.0. The van der Waals surface area contributed by atoms with Gasteiger partial charge in [-0.1, -0.05) is 6.92 Å². The number of carboxylic acid groups (broad SMARTS) is 1. The number of hydrogen-bond donors (Lipinski definition) is 5. The third-order valence-electron chi connectivity index (χ3n) is 5.73. The predicted octanol–water partition coefficient (Wildman–Crippen LogP) is -1.37. The van der Waals surface area contributed by atoms with Gasteiger partial charge >= 0.3 is 5.97 Å². The third kappa shape index (κ3) is 24.7. The van der Waals surface area contributed by atoms with Crippen molar-refractivity contribution in [2.45, 2.75) is 51.5 Å². The van der Waals surface area contributed by atoms with Crippen LogP contribution in [0.15, 0.2) is 0 Å². The van der Waals surface area contributed by atoms with Gasteiger partial charge in [0.25, 0.3) is 0 Å². The summed E-state index contributed by atoms with van der Waals surface area (Å²) < 4.78 is 21.1. The maximum atomic E-state index is 11.8. The van der Waals surface area contributed by atoms with Gasteiger partial charge in [-0.3, -0.25) is 28.9 Å². The predicted molar refractivity (Wildman–Crippen MR) is 149 cm³/mol. The van der Waals surface area contributed by atoms with Gasteiger partial charge < -0.3 is 45.7 Å². The summed E-state index contributed by atoms with van der Waals surface area (Å²) in [6.07, 6.45) is 2.57. The largest absolute Gasteiger partial charge is 0.481 e. The van der Waals surface area contributed by atoms with Crippen LogP contribution in [-0.2, 0) is 42.9 Å². The van der Waals surface area contributed by atoms with Crippen molar-refractivity contribution in [3.8, 4) is 0 Å². The highest BCUT2D eigenvalue weighted by Crippen LogP contribution is 2.06. The van der Waals surface area contributed by atoms with E-state index in [1.807, 2.05) is 18.9 Å². The molecule has 15 nitrogen and oxygen atoms in total. The Labute approximate surface area is 242 Å². The van der Waals surface area contributed by atoms with Crippen molar-refractivity contribution in [1.82, 2.24) is 20.9 Å². The van der Waals surface area contributed by atoms with Crippen molar-refractivity contribution >= 4 is 29.6 Å². The lowest BCUT2D eigenvalue weighted by molar-refractivity contribution is -0.137. The van der Waals surface area contributed by atoms with Gasteiger partial charge in [-0.15, -0.1) is 0 Å². The van der Waals surface area contributed by atoms with Gasteiger partial charge in [-0.05, 0) is 39.3 Å². The molecule has 1 unspecified atom stereocenters. The van der Waals surface area contributed by atoms with Gasteiger partial charge in [0.2, 0.25) is 23.6 Å². The Kier molecular flexibility index (Phi) is 24.3. The highest BCUT2D eigenvalue weighted by atomic mass is 16.5. The molecule has 0 aromatic rings. The van der Waals surface area contributed by atoms with E-state index in [4.69, 9.17) is 29.8 Å². The second-order valence-corrected chi connectivity index (χ2v) is 9.11. The monoisotopic (exact) mass is 591 g/mol. The molecule has 0 aromatic heterocycles. The topological polar surface area (TPSA) is 208 Å². The zero-order valence-corrected chi connectivity index (χ0v) is 24.5. The van der Waals surface area contributed by atoms with Crippen molar-refractivity contribution in [3.05, 3.63) is 0 Å². The lowest BCUT2D eigenvalue weighted by Crippen LogP contribution is -2.42. The standard InChI is InChI=1S/C26H49N5O10/c1-3-31(2)21(26(27)37)7-4-5-10-28-23(33)19-40-17-16-39-14-12-30-24(34)20-41-18-15-38-13-11-29-22(32)8-6-9-25(35)36/h21H,3-20H2,1-2H3,(H2,27,37)(H,28,33)(H,29,32)(H,30,34)(H,35,36). The van der Waals surface area contributed by atoms with Crippen molar-refractivity contribution in [2.24, 2.45) is 5.73 Å². The number of carboxylic acids is 1. The molecule has 0 saturated carbocycles. The number of nitrogens with one attached hydrogen (secondary N) is 3. The number of carbonyl (C=O) groups excluding carboxylic acids is 4. The van der Waals surface area contributed by atoms with Gasteiger partial charge in [0.1, 0.15) is 13.2 Å². The summed E-state index contributed by atoms with van der Waals surface area (Å²) in [7, 11) is 1.86. The van der Waals surface area contributed by atoms with Gasteiger partial charge in [0.15, 0.2) is 0 Å². The molecule has 0 aliphatic carbocycles. The summed E-state index contributed by atoms with van der Waals surface area (Å²) in [5.74, 6) is -2.01. The maximum absolute atomic E-state index is 11.8. The molecule has 0 heterocycles. The first-order valence-electron chi connectivity index (χ1n) is 14.0. The van der Waals surface area contributed by atoms with Crippen LogP contribution < -0.4 is 21.7 Å². The molecule has 0 fully saturated rings. The fourth-order valence-electron chi connectivity index (χ4n) is 3.38. The van der Waals surface area contributed by atoms with E-state index in [2.05, 4.69) is 16.0 Å². The van der Waals surface area contributed by atoms with Crippen LogP contribution in [-0.4, -0.2) is 132 Å². The number of amides is 4. The van der Waals surface area contributed by atoms with Crippen LogP contribution in [0.3, 0.4) is 0 Å². The minimum Gasteiger partial charge on any atom is -0.481 e. The summed E-state index contributed by atoms with van der Waals surface area (Å²) in [5.41, 5.74) is 5.43. The minimum absolute atomic E-state index is 0.0402. The molecule has 0 rings (SSSR count). The lowest BCUT2D eigenvalue weighted by Gasteiger charge is -2.23. The molecule has 4 amide bonds. The van der Waals surface area contributed by atoms with E-state index in [1.54, 1.807) is 0 Å². The maximum Gasteiger partial charge on any atom is 0.303 e. The Morgan fingerprint density at radius 3 is 1.73 bits per heavy atom. The molecule has 0 aromatic carbocycles. The quantitative estimate of drug-likeness (QED) is 0.0671. The molecule has 6 N–H and O–H groups in total. The van der Waals surface area contributed by atoms with Crippen molar-refractivity contribution < 1.29 is 48.0 Å². The summed E-state index contributed by atoms with van der Waals surface area (Å²) in [6, 6.07) is -0.294. The average molecular weight is 592 g/mol. The van der Waals surface area contributed by atoms with Crippen LogP contribution in [0, 0.1) is 0 Å². The first-order chi connectivity index (χ1) is 19.7.